The van der Waals surface area contributed by atoms with Crippen LogP contribution in [-0.4, -0.2) is 20.3 Å². The maximum absolute atomic E-state index is 12.6. The van der Waals surface area contributed by atoms with Gasteiger partial charge in [0.15, 0.2) is 4.32 Å². The van der Waals surface area contributed by atoms with Crippen LogP contribution >= 0.6 is 39.9 Å². The van der Waals surface area contributed by atoms with Gasteiger partial charge in [-0.1, -0.05) is 30.0 Å². The first-order valence-corrected chi connectivity index (χ1v) is 8.66. The lowest BCUT2D eigenvalue weighted by Gasteiger charge is -2.13. The third kappa shape index (κ3) is 3.31. The van der Waals surface area contributed by atoms with Crippen LogP contribution in [0.2, 0.25) is 0 Å². The quantitative estimate of drug-likeness (QED) is 0.596. The number of aromatic nitrogens is 1. The molecule has 0 spiro atoms. The molecule has 1 aromatic carbocycles. The molecule has 1 aliphatic rings. The second-order valence-corrected chi connectivity index (χ2v) is 7.42. The van der Waals surface area contributed by atoms with Crippen LogP contribution in [0.15, 0.2) is 45.9 Å². The number of hydrogen-bond acceptors (Lipinski definition) is 5. The van der Waals surface area contributed by atoms with E-state index in [1.54, 1.807) is 30.5 Å². The van der Waals surface area contributed by atoms with E-state index in [1.807, 2.05) is 19.1 Å². The molecular formula is C16H11BrN2O2S2. The Labute approximate surface area is 151 Å². The standard InChI is InChI=1S/C16H11BrN2O2S2/c1-9-2-4-11(8-18-9)19-15(21)14(23-16(19)22)7-10-3-5-13(20)12(17)6-10/h2-8,20H,1H3. The Morgan fingerprint density at radius 1 is 1.35 bits per heavy atom. The zero-order chi connectivity index (χ0) is 16.6. The number of nitrogens with zero attached hydrogens (tertiary/aromatic N) is 2. The lowest BCUT2D eigenvalue weighted by molar-refractivity contribution is -0.113. The fraction of sp³-hybridized carbons (Fsp3) is 0.0625. The minimum Gasteiger partial charge on any atom is -0.507 e. The molecule has 1 aromatic heterocycles. The van der Waals surface area contributed by atoms with Gasteiger partial charge >= 0.3 is 0 Å². The number of rotatable bonds is 2. The number of thiocarbonyl (C=S) groups is 1. The first-order chi connectivity index (χ1) is 11.0. The number of carbonyl (C=O) groups is 1. The normalized spacial score (nSPS) is 16.4. The largest absolute Gasteiger partial charge is 0.507 e. The number of hydrogen-bond donors (Lipinski definition) is 1. The first-order valence-electron chi connectivity index (χ1n) is 6.65. The molecule has 1 fully saturated rings. The number of aryl methyl sites for hydroxylation is 1. The van der Waals surface area contributed by atoms with E-state index >= 15 is 0 Å². The summed E-state index contributed by atoms with van der Waals surface area (Å²) < 4.78 is 1.05. The Morgan fingerprint density at radius 2 is 2.13 bits per heavy atom. The molecule has 0 unspecified atom stereocenters. The number of thioether (sulfide) groups is 1. The van der Waals surface area contributed by atoms with Gasteiger partial charge in [-0.15, -0.1) is 0 Å². The summed E-state index contributed by atoms with van der Waals surface area (Å²) >= 11 is 9.83. The number of phenols is 1. The van der Waals surface area contributed by atoms with Crippen LogP contribution in [-0.2, 0) is 4.79 Å². The van der Waals surface area contributed by atoms with Crippen LogP contribution in [0.5, 0.6) is 5.75 Å². The Bertz CT molecular complexity index is 834. The SMILES string of the molecule is Cc1ccc(N2C(=O)C(=Cc3ccc(O)c(Br)c3)SC2=S)cn1. The second kappa shape index (κ2) is 6.43. The van der Waals surface area contributed by atoms with Crippen molar-refractivity contribution in [3.63, 3.8) is 0 Å². The third-order valence-electron chi connectivity index (χ3n) is 3.22. The van der Waals surface area contributed by atoms with E-state index in [0.29, 0.717) is 19.4 Å². The fourth-order valence-electron chi connectivity index (χ4n) is 2.05. The van der Waals surface area contributed by atoms with E-state index in [4.69, 9.17) is 12.2 Å². The molecule has 2 heterocycles. The second-order valence-electron chi connectivity index (χ2n) is 4.89. The zero-order valence-electron chi connectivity index (χ0n) is 12.0. The Hall–Kier alpha value is -1.70. The van der Waals surface area contributed by atoms with Gasteiger partial charge in [0.25, 0.3) is 5.91 Å². The van der Waals surface area contributed by atoms with E-state index in [2.05, 4.69) is 20.9 Å². The van der Waals surface area contributed by atoms with Crippen molar-refractivity contribution in [2.24, 2.45) is 0 Å². The lowest BCUT2D eigenvalue weighted by Crippen LogP contribution is -2.27. The van der Waals surface area contributed by atoms with Crippen LogP contribution in [0, 0.1) is 6.92 Å². The molecule has 1 amide bonds. The molecule has 1 aliphatic heterocycles. The zero-order valence-corrected chi connectivity index (χ0v) is 15.2. The van der Waals surface area contributed by atoms with Crippen molar-refractivity contribution < 1.29 is 9.90 Å². The monoisotopic (exact) mass is 406 g/mol. The minimum atomic E-state index is -0.171. The van der Waals surface area contributed by atoms with Crippen LogP contribution in [0.1, 0.15) is 11.3 Å². The molecule has 116 valence electrons. The highest BCUT2D eigenvalue weighted by Crippen LogP contribution is 2.36. The molecule has 2 aromatic rings. The molecule has 0 saturated carbocycles. The van der Waals surface area contributed by atoms with Gasteiger partial charge in [0.2, 0.25) is 0 Å². The fourth-order valence-corrected chi connectivity index (χ4v) is 3.74. The number of halogens is 1. The highest BCUT2D eigenvalue weighted by atomic mass is 79.9. The summed E-state index contributed by atoms with van der Waals surface area (Å²) in [6, 6.07) is 8.72. The van der Waals surface area contributed by atoms with Gasteiger partial charge in [-0.25, -0.2) is 0 Å². The van der Waals surface area contributed by atoms with E-state index in [9.17, 15) is 9.90 Å². The van der Waals surface area contributed by atoms with Crippen molar-refractivity contribution in [3.05, 3.63) is 57.2 Å². The molecule has 0 bridgehead atoms. The number of carbonyl (C=O) groups excluding carboxylic acids is 1. The molecule has 1 saturated heterocycles. The van der Waals surface area contributed by atoms with Gasteiger partial charge in [-0.05, 0) is 58.8 Å². The molecule has 7 heteroatoms. The summed E-state index contributed by atoms with van der Waals surface area (Å²) in [5, 5.41) is 9.54. The maximum atomic E-state index is 12.6. The lowest BCUT2D eigenvalue weighted by atomic mass is 10.2. The smallest absolute Gasteiger partial charge is 0.270 e. The topological polar surface area (TPSA) is 53.4 Å². The van der Waals surface area contributed by atoms with Crippen LogP contribution in [0.25, 0.3) is 6.08 Å². The summed E-state index contributed by atoms with van der Waals surface area (Å²) in [6.45, 7) is 1.89. The van der Waals surface area contributed by atoms with Crippen molar-refractivity contribution in [2.45, 2.75) is 6.92 Å². The van der Waals surface area contributed by atoms with Gasteiger partial charge < -0.3 is 5.11 Å². The highest BCUT2D eigenvalue weighted by molar-refractivity contribution is 9.10. The van der Waals surface area contributed by atoms with Gasteiger partial charge in [0.05, 0.1) is 21.3 Å². The van der Waals surface area contributed by atoms with E-state index < -0.39 is 0 Å². The Kier molecular flexibility index (Phi) is 4.52. The van der Waals surface area contributed by atoms with E-state index in [1.165, 1.54) is 16.7 Å². The van der Waals surface area contributed by atoms with Gasteiger partial charge in [-0.2, -0.15) is 0 Å². The van der Waals surface area contributed by atoms with E-state index in [0.717, 1.165) is 11.3 Å². The van der Waals surface area contributed by atoms with Gasteiger partial charge in [-0.3, -0.25) is 14.7 Å². The van der Waals surface area contributed by atoms with E-state index in [-0.39, 0.29) is 11.7 Å². The summed E-state index contributed by atoms with van der Waals surface area (Å²) in [4.78, 5) is 18.8. The number of phenolic OH excluding ortho intramolecular Hbond substituents is 1. The van der Waals surface area contributed by atoms with Crippen LogP contribution < -0.4 is 4.90 Å². The van der Waals surface area contributed by atoms with Crippen molar-refractivity contribution in [3.8, 4) is 5.75 Å². The maximum Gasteiger partial charge on any atom is 0.270 e. The first kappa shape index (κ1) is 16.2. The summed E-state index contributed by atoms with van der Waals surface area (Å²) in [5.74, 6) is -0.0183. The average Bonchev–Trinajstić information content (AvgIpc) is 2.79. The Balaban J connectivity index is 1.92. The molecule has 4 nitrogen and oxygen atoms in total. The van der Waals surface area contributed by atoms with Crippen LogP contribution in [0.3, 0.4) is 0 Å². The van der Waals surface area contributed by atoms with Crippen molar-refractivity contribution in [2.75, 3.05) is 4.90 Å². The Morgan fingerprint density at radius 3 is 2.78 bits per heavy atom. The summed E-state index contributed by atoms with van der Waals surface area (Å²) in [5.41, 5.74) is 2.34. The molecule has 23 heavy (non-hydrogen) atoms. The molecule has 3 rings (SSSR count). The molecule has 0 atom stereocenters. The number of pyridine rings is 1. The number of anilines is 1. The predicted molar refractivity (Wildman–Crippen MR) is 100 cm³/mol. The summed E-state index contributed by atoms with van der Waals surface area (Å²) in [6.07, 6.45) is 3.39. The number of aromatic hydroxyl groups is 1. The number of benzene rings is 1. The van der Waals surface area contributed by atoms with Crippen molar-refractivity contribution in [1.82, 2.24) is 4.98 Å². The molecule has 0 radical (unpaired) electrons. The average molecular weight is 407 g/mol. The molecule has 0 aliphatic carbocycles. The molecular weight excluding hydrogens is 396 g/mol. The summed E-state index contributed by atoms with van der Waals surface area (Å²) in [7, 11) is 0. The van der Waals surface area contributed by atoms with Gasteiger partial charge in [0.1, 0.15) is 5.75 Å². The third-order valence-corrected chi connectivity index (χ3v) is 5.15. The molecule has 1 N–H and O–H groups in total. The minimum absolute atomic E-state index is 0.153. The predicted octanol–water partition coefficient (Wildman–Crippen LogP) is 4.26. The van der Waals surface area contributed by atoms with Crippen molar-refractivity contribution >= 4 is 61.9 Å². The number of amides is 1. The van der Waals surface area contributed by atoms with Crippen molar-refractivity contribution in [1.29, 1.82) is 0 Å². The highest BCUT2D eigenvalue weighted by Gasteiger charge is 2.33. The van der Waals surface area contributed by atoms with Crippen LogP contribution in [0.4, 0.5) is 5.69 Å². The van der Waals surface area contributed by atoms with Gasteiger partial charge in [0, 0.05) is 5.69 Å².